The average molecular weight is 506 g/mol. The van der Waals surface area contributed by atoms with E-state index in [1.54, 1.807) is 4.90 Å². The molecule has 0 unspecified atom stereocenters. The number of nitrogens with one attached hydrogen (secondary N) is 2. The minimum atomic E-state index is -0.452. The molecular weight excluding hydrogens is 474 g/mol. The van der Waals surface area contributed by atoms with Crippen LogP contribution in [0.4, 0.5) is 11.4 Å². The average Bonchev–Trinajstić information content (AvgIpc) is 3.59. The molecular formula is C32H31N3O3. The molecule has 3 aromatic rings. The summed E-state index contributed by atoms with van der Waals surface area (Å²) in [6.07, 6.45) is 4.70. The van der Waals surface area contributed by atoms with Crippen molar-refractivity contribution >= 4 is 29.1 Å². The highest BCUT2D eigenvalue weighted by atomic mass is 16.2. The molecule has 192 valence electrons. The van der Waals surface area contributed by atoms with Gasteiger partial charge in [-0.15, -0.1) is 0 Å². The first-order chi connectivity index (χ1) is 18.5. The Morgan fingerprint density at radius 1 is 0.763 bits per heavy atom. The van der Waals surface area contributed by atoms with E-state index in [-0.39, 0.29) is 17.7 Å². The van der Waals surface area contributed by atoms with Crippen molar-refractivity contribution < 1.29 is 14.4 Å². The van der Waals surface area contributed by atoms with Crippen molar-refractivity contribution in [1.29, 1.82) is 0 Å². The molecule has 2 fully saturated rings. The molecule has 38 heavy (non-hydrogen) atoms. The molecule has 0 spiro atoms. The van der Waals surface area contributed by atoms with E-state index in [0.717, 1.165) is 41.6 Å². The van der Waals surface area contributed by atoms with Crippen LogP contribution in [0.2, 0.25) is 0 Å². The monoisotopic (exact) mass is 505 g/mol. The van der Waals surface area contributed by atoms with E-state index in [1.165, 1.54) is 0 Å². The molecule has 1 heterocycles. The Hall–Kier alpha value is -4.37. The third-order valence-electron chi connectivity index (χ3n) is 6.92. The highest BCUT2D eigenvalue weighted by molar-refractivity contribution is 5.97. The fourth-order valence-electron chi connectivity index (χ4n) is 4.65. The molecule has 1 saturated heterocycles. The van der Waals surface area contributed by atoms with Gasteiger partial charge in [-0.2, -0.15) is 0 Å². The summed E-state index contributed by atoms with van der Waals surface area (Å²) in [4.78, 5) is 39.5. The van der Waals surface area contributed by atoms with Crippen LogP contribution in [0.25, 0.3) is 0 Å². The first kappa shape index (κ1) is 25.3. The van der Waals surface area contributed by atoms with Crippen LogP contribution in [-0.2, 0) is 20.8 Å². The summed E-state index contributed by atoms with van der Waals surface area (Å²) in [5, 5.41) is 5.89. The van der Waals surface area contributed by atoms with Crippen LogP contribution < -0.4 is 10.6 Å². The standard InChI is InChI=1S/C32H31N3O3/c36-30(21-26-10-11-26)33-27-16-12-23(13-17-27)8-9-24-14-18-28(19-15-24)34-32(38)29-7-4-20-35(29)31(37)22-25-5-2-1-3-6-25/h1-3,5-6,12-19,26,29H,4,7,10-11,20-22H2,(H,33,36)(H,34,38)/t29-/m0/s1. The molecule has 0 radical (unpaired) electrons. The Kier molecular flexibility index (Phi) is 7.84. The summed E-state index contributed by atoms with van der Waals surface area (Å²) in [5.74, 6) is 6.71. The Morgan fingerprint density at radius 3 is 1.97 bits per heavy atom. The van der Waals surface area contributed by atoms with Crippen molar-refractivity contribution in [1.82, 2.24) is 4.90 Å². The number of nitrogens with zero attached hydrogens (tertiary/aromatic N) is 1. The number of rotatable bonds is 7. The van der Waals surface area contributed by atoms with Crippen LogP contribution in [0.3, 0.4) is 0 Å². The quantitative estimate of drug-likeness (QED) is 0.444. The van der Waals surface area contributed by atoms with Gasteiger partial charge in [0, 0.05) is 35.5 Å². The zero-order valence-corrected chi connectivity index (χ0v) is 21.3. The maximum absolute atomic E-state index is 13.0. The maximum Gasteiger partial charge on any atom is 0.247 e. The molecule has 1 saturated carbocycles. The van der Waals surface area contributed by atoms with Crippen molar-refractivity contribution in [2.45, 2.75) is 44.6 Å². The van der Waals surface area contributed by atoms with Crippen LogP contribution in [-0.4, -0.2) is 35.2 Å². The van der Waals surface area contributed by atoms with Crippen LogP contribution in [0.15, 0.2) is 78.9 Å². The predicted molar refractivity (Wildman–Crippen MR) is 148 cm³/mol. The third-order valence-corrected chi connectivity index (χ3v) is 6.92. The van der Waals surface area contributed by atoms with E-state index in [9.17, 15) is 14.4 Å². The van der Waals surface area contributed by atoms with Gasteiger partial charge in [-0.25, -0.2) is 0 Å². The van der Waals surface area contributed by atoms with Crippen LogP contribution in [0, 0.1) is 17.8 Å². The number of likely N-dealkylation sites (tertiary alicyclic amines) is 1. The summed E-state index contributed by atoms with van der Waals surface area (Å²) >= 11 is 0. The fraction of sp³-hybridized carbons (Fsp3) is 0.281. The molecule has 0 bridgehead atoms. The molecule has 3 aromatic carbocycles. The number of carbonyl (C=O) groups is 3. The van der Waals surface area contributed by atoms with E-state index in [1.807, 2.05) is 78.9 Å². The number of amides is 3. The molecule has 3 amide bonds. The molecule has 1 aliphatic heterocycles. The number of hydrogen-bond acceptors (Lipinski definition) is 3. The lowest BCUT2D eigenvalue weighted by molar-refractivity contribution is -0.136. The highest BCUT2D eigenvalue weighted by Gasteiger charge is 2.33. The number of hydrogen-bond donors (Lipinski definition) is 2. The molecule has 2 N–H and O–H groups in total. The second-order valence-corrected chi connectivity index (χ2v) is 10.00. The van der Waals surface area contributed by atoms with Crippen molar-refractivity contribution in [3.05, 3.63) is 95.6 Å². The largest absolute Gasteiger partial charge is 0.330 e. The summed E-state index contributed by atoms with van der Waals surface area (Å²) in [7, 11) is 0. The normalized spacial score (nSPS) is 16.3. The molecule has 1 atom stereocenters. The SMILES string of the molecule is O=C(CC1CC1)Nc1ccc(C#Cc2ccc(NC(=O)[C@@H]3CCCN3C(=O)Cc3ccccc3)cc2)cc1. The van der Waals surface area contributed by atoms with Gasteiger partial charge >= 0.3 is 0 Å². The first-order valence-corrected chi connectivity index (χ1v) is 13.2. The second kappa shape index (κ2) is 11.8. The van der Waals surface area contributed by atoms with Crippen molar-refractivity contribution in [3.8, 4) is 11.8 Å². The Morgan fingerprint density at radius 2 is 1.37 bits per heavy atom. The number of anilines is 2. The number of benzene rings is 3. The van der Waals surface area contributed by atoms with E-state index in [0.29, 0.717) is 37.4 Å². The first-order valence-electron chi connectivity index (χ1n) is 13.2. The molecule has 6 heteroatoms. The molecule has 6 nitrogen and oxygen atoms in total. The van der Waals surface area contributed by atoms with E-state index in [2.05, 4.69) is 22.5 Å². The topological polar surface area (TPSA) is 78.5 Å². The van der Waals surface area contributed by atoms with E-state index in [4.69, 9.17) is 0 Å². The summed E-state index contributed by atoms with van der Waals surface area (Å²) < 4.78 is 0. The minimum absolute atomic E-state index is 0.0202. The third kappa shape index (κ3) is 6.89. The zero-order valence-electron chi connectivity index (χ0n) is 21.3. The van der Waals surface area contributed by atoms with Gasteiger partial charge in [0.1, 0.15) is 6.04 Å². The minimum Gasteiger partial charge on any atom is -0.330 e. The molecule has 5 rings (SSSR count). The Bertz CT molecular complexity index is 1350. The van der Waals surface area contributed by atoms with Crippen molar-refractivity contribution in [2.75, 3.05) is 17.2 Å². The molecule has 2 aliphatic rings. The van der Waals surface area contributed by atoms with Gasteiger partial charge in [0.05, 0.1) is 6.42 Å². The van der Waals surface area contributed by atoms with Crippen LogP contribution in [0.1, 0.15) is 48.8 Å². The van der Waals surface area contributed by atoms with E-state index < -0.39 is 6.04 Å². The van der Waals surface area contributed by atoms with Crippen LogP contribution >= 0.6 is 0 Å². The predicted octanol–water partition coefficient (Wildman–Crippen LogP) is 5.00. The van der Waals surface area contributed by atoms with Gasteiger partial charge in [-0.3, -0.25) is 14.4 Å². The van der Waals surface area contributed by atoms with Gasteiger partial charge in [0.2, 0.25) is 17.7 Å². The zero-order chi connectivity index (χ0) is 26.3. The highest BCUT2D eigenvalue weighted by Crippen LogP contribution is 2.32. The Labute approximate surface area is 223 Å². The van der Waals surface area contributed by atoms with E-state index >= 15 is 0 Å². The smallest absolute Gasteiger partial charge is 0.247 e. The van der Waals surface area contributed by atoms with Gasteiger partial charge in [0.15, 0.2) is 0 Å². The van der Waals surface area contributed by atoms with Crippen molar-refractivity contribution in [2.24, 2.45) is 5.92 Å². The summed E-state index contributed by atoms with van der Waals surface area (Å²) in [6.45, 7) is 0.603. The van der Waals surface area contributed by atoms with Crippen LogP contribution in [0.5, 0.6) is 0 Å². The number of carbonyl (C=O) groups excluding carboxylic acids is 3. The second-order valence-electron chi connectivity index (χ2n) is 10.00. The molecule has 1 aliphatic carbocycles. The van der Waals surface area contributed by atoms with Gasteiger partial charge in [-0.1, -0.05) is 42.2 Å². The lowest BCUT2D eigenvalue weighted by atomic mass is 10.1. The lowest BCUT2D eigenvalue weighted by Gasteiger charge is -2.24. The summed E-state index contributed by atoms with van der Waals surface area (Å²) in [5.41, 5.74) is 4.08. The maximum atomic E-state index is 13.0. The van der Waals surface area contributed by atoms with Gasteiger partial charge < -0.3 is 15.5 Å². The fourth-order valence-corrected chi connectivity index (χ4v) is 4.65. The lowest BCUT2D eigenvalue weighted by Crippen LogP contribution is -2.43. The summed E-state index contributed by atoms with van der Waals surface area (Å²) in [6, 6.07) is 24.0. The Balaban J connectivity index is 1.14. The van der Waals surface area contributed by atoms with Gasteiger partial charge in [0.25, 0.3) is 0 Å². The van der Waals surface area contributed by atoms with Gasteiger partial charge in [-0.05, 0) is 85.7 Å². The van der Waals surface area contributed by atoms with Crippen molar-refractivity contribution in [3.63, 3.8) is 0 Å². The molecule has 0 aromatic heterocycles.